The van der Waals surface area contributed by atoms with Crippen LogP contribution in [0.5, 0.6) is 0 Å². The number of rotatable bonds is 11. The lowest BCUT2D eigenvalue weighted by Gasteiger charge is -2.28. The average molecular weight is 467 g/mol. The molecule has 1 heterocycles. The largest absolute Gasteiger partial charge is 0.396 e. The highest BCUT2D eigenvalue weighted by Crippen LogP contribution is 2.31. The first kappa shape index (κ1) is 26.1. The summed E-state index contributed by atoms with van der Waals surface area (Å²) in [7, 11) is 0. The second kappa shape index (κ2) is 11.6. The van der Waals surface area contributed by atoms with Crippen molar-refractivity contribution in [2.45, 2.75) is 46.0 Å². The first-order chi connectivity index (χ1) is 15.6. The summed E-state index contributed by atoms with van der Waals surface area (Å²) in [5, 5.41) is 25.2. The predicted molar refractivity (Wildman–Crippen MR) is 119 cm³/mol. The lowest BCUT2D eigenvalue weighted by atomic mass is 10.0. The molecule has 1 unspecified atom stereocenters. The summed E-state index contributed by atoms with van der Waals surface area (Å²) < 4.78 is 40.7. The van der Waals surface area contributed by atoms with Gasteiger partial charge in [-0.05, 0) is 20.3 Å². The lowest BCUT2D eigenvalue weighted by molar-refractivity contribution is -0.137. The van der Waals surface area contributed by atoms with Crippen LogP contribution in [-0.4, -0.2) is 50.5 Å². The third kappa shape index (κ3) is 6.42. The molecule has 0 fully saturated rings. The third-order valence-corrected chi connectivity index (χ3v) is 4.90. The Morgan fingerprint density at radius 3 is 2.39 bits per heavy atom. The molecule has 1 aromatic carbocycles. The van der Waals surface area contributed by atoms with E-state index in [9.17, 15) is 23.1 Å². The molecule has 0 bridgehead atoms. The van der Waals surface area contributed by atoms with Crippen molar-refractivity contribution in [3.63, 3.8) is 0 Å². The molecule has 33 heavy (non-hydrogen) atoms. The van der Waals surface area contributed by atoms with Gasteiger partial charge < -0.3 is 20.8 Å². The van der Waals surface area contributed by atoms with Crippen LogP contribution in [-0.2, 0) is 4.79 Å². The summed E-state index contributed by atoms with van der Waals surface area (Å²) >= 11 is 0. The van der Waals surface area contributed by atoms with Gasteiger partial charge in [0.15, 0.2) is 0 Å². The van der Waals surface area contributed by atoms with Crippen LogP contribution < -0.4 is 10.6 Å². The molecule has 0 saturated carbocycles. The number of hydrogen-bond donors (Lipinski definition) is 4. The molecule has 8 nitrogen and oxygen atoms in total. The van der Waals surface area contributed by atoms with E-state index in [-0.39, 0.29) is 42.6 Å². The number of aliphatic hydroxyl groups is 2. The van der Waals surface area contributed by atoms with E-state index in [1.807, 2.05) is 0 Å². The Kier molecular flexibility index (Phi) is 9.18. The van der Waals surface area contributed by atoms with Gasteiger partial charge in [-0.15, -0.1) is 0 Å². The summed E-state index contributed by atoms with van der Waals surface area (Å²) in [5.74, 6) is -0.761. The highest BCUT2D eigenvalue weighted by atomic mass is 19.3. The smallest absolute Gasteiger partial charge is 0.266 e. The summed E-state index contributed by atoms with van der Waals surface area (Å²) in [6.07, 6.45) is -2.73. The zero-order valence-electron chi connectivity index (χ0n) is 18.6. The fourth-order valence-electron chi connectivity index (χ4n) is 3.24. The van der Waals surface area contributed by atoms with E-state index in [1.54, 1.807) is 13.8 Å². The number of nitrogens with zero attached hydrogens (tertiary/aromatic N) is 3. The van der Waals surface area contributed by atoms with E-state index in [4.69, 9.17) is 5.11 Å². The standard InChI is InChI=1S/C22H28F3N5O3/c1-5-15-20(26-12(2)16-8-6-9-17(18(16)23)19(24)25)27-13(3)28-21(15)29-22(33)30(14(4)32)10-7-11-31/h5-6,8-9,12,19,22,31,33H,1,7,10-11H2,2-4H3,(H2,26,27,28,29)/t12-,22?/m1/s1. The van der Waals surface area contributed by atoms with Gasteiger partial charge in [0.05, 0.1) is 17.2 Å². The molecule has 2 aromatic rings. The summed E-state index contributed by atoms with van der Waals surface area (Å²) in [6, 6.07) is 3.04. The number of amides is 1. The van der Waals surface area contributed by atoms with Crippen molar-refractivity contribution in [3.8, 4) is 0 Å². The van der Waals surface area contributed by atoms with E-state index < -0.39 is 36.1 Å². The number of benzene rings is 1. The fraction of sp³-hybridized carbons (Fsp3) is 0.409. The number of aryl methyl sites for hydroxylation is 1. The lowest BCUT2D eigenvalue weighted by Crippen LogP contribution is -2.44. The molecule has 0 radical (unpaired) electrons. The Bertz CT molecular complexity index is 990. The van der Waals surface area contributed by atoms with Crippen molar-refractivity contribution >= 4 is 23.6 Å². The van der Waals surface area contributed by atoms with Crippen molar-refractivity contribution in [1.29, 1.82) is 0 Å². The summed E-state index contributed by atoms with van der Waals surface area (Å²) in [4.78, 5) is 21.5. The number of alkyl halides is 2. The number of nitrogens with one attached hydrogen (secondary N) is 2. The molecule has 0 spiro atoms. The molecule has 0 aliphatic heterocycles. The number of halogens is 3. The zero-order valence-corrected chi connectivity index (χ0v) is 18.6. The minimum atomic E-state index is -2.95. The van der Waals surface area contributed by atoms with E-state index in [1.165, 1.54) is 25.1 Å². The Balaban J connectivity index is 2.36. The number of carbonyl (C=O) groups excluding carboxylic acids is 1. The van der Waals surface area contributed by atoms with Crippen LogP contribution in [0.3, 0.4) is 0 Å². The molecular formula is C22H28F3N5O3. The second-order valence-electron chi connectivity index (χ2n) is 7.31. The maximum Gasteiger partial charge on any atom is 0.266 e. The molecule has 1 aromatic heterocycles. The van der Waals surface area contributed by atoms with Crippen molar-refractivity contribution in [2.24, 2.45) is 0 Å². The number of aromatic nitrogens is 2. The van der Waals surface area contributed by atoms with Crippen molar-refractivity contribution < 1.29 is 28.2 Å². The topological polar surface area (TPSA) is 111 Å². The van der Waals surface area contributed by atoms with Crippen LogP contribution in [0, 0.1) is 12.7 Å². The molecule has 4 N–H and O–H groups in total. The van der Waals surface area contributed by atoms with E-state index in [2.05, 4.69) is 27.2 Å². The molecule has 0 aliphatic rings. The van der Waals surface area contributed by atoms with Crippen LogP contribution >= 0.6 is 0 Å². The number of hydrogen-bond acceptors (Lipinski definition) is 7. The van der Waals surface area contributed by atoms with E-state index in [0.29, 0.717) is 5.56 Å². The van der Waals surface area contributed by atoms with Gasteiger partial charge in [-0.2, -0.15) is 0 Å². The van der Waals surface area contributed by atoms with Gasteiger partial charge in [-0.1, -0.05) is 30.9 Å². The van der Waals surface area contributed by atoms with Gasteiger partial charge in [0.1, 0.15) is 23.3 Å². The Hall–Kier alpha value is -3.18. The van der Waals surface area contributed by atoms with Crippen molar-refractivity contribution in [2.75, 3.05) is 23.8 Å². The van der Waals surface area contributed by atoms with Crippen LogP contribution in [0.1, 0.15) is 55.3 Å². The molecule has 0 aliphatic carbocycles. The first-order valence-corrected chi connectivity index (χ1v) is 10.3. The van der Waals surface area contributed by atoms with Gasteiger partial charge in [0.2, 0.25) is 12.3 Å². The Morgan fingerprint density at radius 2 is 1.85 bits per heavy atom. The SMILES string of the molecule is C=Cc1c(NC(O)N(CCCO)C(C)=O)nc(C)nc1N[C@H](C)c1cccc(C(F)F)c1F. The molecule has 1 amide bonds. The molecule has 0 saturated heterocycles. The quantitative estimate of drug-likeness (QED) is 0.374. The first-order valence-electron chi connectivity index (χ1n) is 10.3. The minimum absolute atomic E-state index is 0.0281. The summed E-state index contributed by atoms with van der Waals surface area (Å²) in [5.41, 5.74) is -0.343. The maximum atomic E-state index is 14.6. The molecule has 11 heteroatoms. The van der Waals surface area contributed by atoms with Crippen molar-refractivity contribution in [1.82, 2.24) is 14.9 Å². The van der Waals surface area contributed by atoms with Crippen LogP contribution in [0.25, 0.3) is 6.08 Å². The van der Waals surface area contributed by atoms with E-state index >= 15 is 0 Å². The second-order valence-corrected chi connectivity index (χ2v) is 7.31. The minimum Gasteiger partial charge on any atom is -0.396 e. The number of anilines is 2. The normalized spacial score (nSPS) is 12.9. The van der Waals surface area contributed by atoms with Crippen molar-refractivity contribution in [3.05, 3.63) is 53.1 Å². The molecule has 2 atom stereocenters. The predicted octanol–water partition coefficient (Wildman–Crippen LogP) is 3.60. The van der Waals surface area contributed by atoms with Crippen LogP contribution in [0.15, 0.2) is 24.8 Å². The zero-order chi connectivity index (χ0) is 24.7. The summed E-state index contributed by atoms with van der Waals surface area (Å²) in [6.45, 7) is 8.13. The molecule has 2 rings (SSSR count). The molecular weight excluding hydrogens is 439 g/mol. The van der Waals surface area contributed by atoms with Gasteiger partial charge in [-0.25, -0.2) is 23.1 Å². The molecule has 180 valence electrons. The highest BCUT2D eigenvalue weighted by Gasteiger charge is 2.23. The van der Waals surface area contributed by atoms with E-state index in [0.717, 1.165) is 11.0 Å². The van der Waals surface area contributed by atoms with Crippen LogP contribution in [0.2, 0.25) is 0 Å². The monoisotopic (exact) mass is 467 g/mol. The third-order valence-electron chi connectivity index (χ3n) is 4.90. The van der Waals surface area contributed by atoms with Gasteiger partial charge >= 0.3 is 0 Å². The number of carbonyl (C=O) groups is 1. The van der Waals surface area contributed by atoms with Gasteiger partial charge in [0, 0.05) is 25.6 Å². The Morgan fingerprint density at radius 1 is 1.24 bits per heavy atom. The maximum absolute atomic E-state index is 14.6. The van der Waals surface area contributed by atoms with Gasteiger partial charge in [0.25, 0.3) is 6.43 Å². The highest BCUT2D eigenvalue weighted by molar-refractivity contribution is 5.75. The fourth-order valence-corrected chi connectivity index (χ4v) is 3.24. The number of aliphatic hydroxyl groups excluding tert-OH is 2. The average Bonchev–Trinajstić information content (AvgIpc) is 2.73. The van der Waals surface area contributed by atoms with Gasteiger partial charge in [-0.3, -0.25) is 9.69 Å². The van der Waals surface area contributed by atoms with Crippen LogP contribution in [0.4, 0.5) is 24.8 Å². The Labute approximate surface area is 190 Å².